The Morgan fingerprint density at radius 1 is 1.31 bits per heavy atom. The van der Waals surface area contributed by atoms with E-state index >= 15 is 0 Å². The van der Waals surface area contributed by atoms with Crippen molar-refractivity contribution in [3.8, 4) is 0 Å². The van der Waals surface area contributed by atoms with Crippen molar-refractivity contribution < 1.29 is 4.79 Å². The third kappa shape index (κ3) is 4.05. The third-order valence-corrected chi connectivity index (χ3v) is 1.57. The molecule has 0 radical (unpaired) electrons. The molecule has 0 fully saturated rings. The van der Waals surface area contributed by atoms with E-state index in [4.69, 9.17) is 0 Å². The fourth-order valence-corrected chi connectivity index (χ4v) is 1.06. The summed E-state index contributed by atoms with van der Waals surface area (Å²) in [6, 6.07) is 0. The molecule has 0 aliphatic carbocycles. The molecule has 0 spiro atoms. The van der Waals surface area contributed by atoms with Crippen molar-refractivity contribution >= 4 is 5.91 Å². The highest BCUT2D eigenvalue weighted by atomic mass is 16.2. The molecule has 0 atom stereocenters. The van der Waals surface area contributed by atoms with Crippen LogP contribution in [-0.4, -0.2) is 25.1 Å². The van der Waals surface area contributed by atoms with E-state index in [0.717, 1.165) is 5.57 Å². The smallest absolute Gasteiger partial charge is 0.267 e. The summed E-state index contributed by atoms with van der Waals surface area (Å²) in [5.74, 6) is 0.332. The average molecular weight is 185 g/mol. The van der Waals surface area contributed by atoms with Gasteiger partial charge in [-0.25, -0.2) is 16.0 Å². The van der Waals surface area contributed by atoms with Gasteiger partial charge in [-0.05, 0) is 12.8 Å². The van der Waals surface area contributed by atoms with Gasteiger partial charge in [0.05, 0.1) is 0 Å². The number of hydrazine groups is 2. The number of rotatable bonds is 4. The number of amides is 1. The Hall–Kier alpha value is -0.870. The van der Waals surface area contributed by atoms with Crippen LogP contribution in [0.4, 0.5) is 0 Å². The Morgan fingerprint density at radius 2 is 1.77 bits per heavy atom. The minimum atomic E-state index is -0.0568. The molecule has 0 bridgehead atoms. The van der Waals surface area contributed by atoms with Gasteiger partial charge in [-0.3, -0.25) is 4.79 Å². The summed E-state index contributed by atoms with van der Waals surface area (Å²) in [6.07, 6.45) is 1.93. The highest BCUT2D eigenvalue weighted by Crippen LogP contribution is 2.03. The number of nitrogens with one attached hydrogen (secondary N) is 2. The van der Waals surface area contributed by atoms with Crippen LogP contribution in [-0.2, 0) is 4.79 Å². The average Bonchev–Trinajstić information content (AvgIpc) is 2.05. The van der Waals surface area contributed by atoms with Crippen LogP contribution >= 0.6 is 0 Å². The zero-order valence-electron chi connectivity index (χ0n) is 9.01. The first-order chi connectivity index (χ1) is 6.02. The lowest BCUT2D eigenvalue weighted by atomic mass is 10.1. The topological polar surface area (TPSA) is 44.4 Å². The van der Waals surface area contributed by atoms with Gasteiger partial charge < -0.3 is 0 Å². The molecule has 0 aliphatic heterocycles. The molecule has 4 heteroatoms. The van der Waals surface area contributed by atoms with Crippen LogP contribution in [0.25, 0.3) is 0 Å². The zero-order valence-corrected chi connectivity index (χ0v) is 9.01. The van der Waals surface area contributed by atoms with Crippen LogP contribution in [0.3, 0.4) is 0 Å². The van der Waals surface area contributed by atoms with Crippen molar-refractivity contribution in [1.82, 2.24) is 16.0 Å². The second kappa shape index (κ2) is 5.72. The predicted molar refractivity (Wildman–Crippen MR) is 53.6 cm³/mol. The number of allylic oxidation sites excluding steroid dienone is 1. The Labute approximate surface area is 79.9 Å². The molecule has 0 aliphatic rings. The standard InChI is InChI=1S/C9H19N3O/c1-7(2)6-8(3)9(13)12(10-4)11-5/h6-7,10-11H,1-5H3. The second-order valence-electron chi connectivity index (χ2n) is 3.18. The van der Waals surface area contributed by atoms with Crippen molar-refractivity contribution in [3.63, 3.8) is 0 Å². The molecule has 4 nitrogen and oxygen atoms in total. The Morgan fingerprint density at radius 3 is 2.08 bits per heavy atom. The zero-order chi connectivity index (χ0) is 10.4. The minimum absolute atomic E-state index is 0.0568. The molecular formula is C9H19N3O. The van der Waals surface area contributed by atoms with E-state index in [9.17, 15) is 4.79 Å². The van der Waals surface area contributed by atoms with E-state index in [-0.39, 0.29) is 5.91 Å². The summed E-state index contributed by atoms with van der Waals surface area (Å²) in [6.45, 7) is 5.89. The van der Waals surface area contributed by atoms with Gasteiger partial charge in [-0.15, -0.1) is 0 Å². The summed E-state index contributed by atoms with van der Waals surface area (Å²) in [4.78, 5) is 11.6. The van der Waals surface area contributed by atoms with Crippen molar-refractivity contribution in [2.45, 2.75) is 20.8 Å². The maximum Gasteiger partial charge on any atom is 0.278 e. The van der Waals surface area contributed by atoms with Gasteiger partial charge in [0.2, 0.25) is 0 Å². The highest BCUT2D eigenvalue weighted by molar-refractivity contribution is 5.92. The lowest BCUT2D eigenvalue weighted by Gasteiger charge is -2.19. The molecular weight excluding hydrogens is 166 g/mol. The summed E-state index contributed by atoms with van der Waals surface area (Å²) in [5.41, 5.74) is 6.21. The number of carbonyl (C=O) groups is 1. The Balaban J connectivity index is 4.40. The molecule has 0 aromatic heterocycles. The van der Waals surface area contributed by atoms with Gasteiger partial charge in [-0.2, -0.15) is 0 Å². The van der Waals surface area contributed by atoms with Crippen LogP contribution in [0.15, 0.2) is 11.6 Å². The SMILES string of the molecule is CNN(NC)C(=O)C(C)=CC(C)C. The number of hydrogen-bond acceptors (Lipinski definition) is 3. The molecule has 1 amide bonds. The first-order valence-corrected chi connectivity index (χ1v) is 4.40. The summed E-state index contributed by atoms with van der Waals surface area (Å²) in [7, 11) is 3.38. The van der Waals surface area contributed by atoms with Crippen LogP contribution in [0.1, 0.15) is 20.8 Å². The second-order valence-corrected chi connectivity index (χ2v) is 3.18. The fraction of sp³-hybridized carbons (Fsp3) is 0.667. The van der Waals surface area contributed by atoms with Gasteiger partial charge in [0, 0.05) is 19.7 Å². The first-order valence-electron chi connectivity index (χ1n) is 4.40. The van der Waals surface area contributed by atoms with Gasteiger partial charge in [-0.1, -0.05) is 19.9 Å². The van der Waals surface area contributed by atoms with Gasteiger partial charge >= 0.3 is 0 Å². The third-order valence-electron chi connectivity index (χ3n) is 1.57. The van der Waals surface area contributed by atoms with E-state index in [1.165, 1.54) is 5.12 Å². The van der Waals surface area contributed by atoms with E-state index in [1.807, 2.05) is 26.8 Å². The minimum Gasteiger partial charge on any atom is -0.267 e. The monoisotopic (exact) mass is 185 g/mol. The van der Waals surface area contributed by atoms with Crippen LogP contribution < -0.4 is 10.9 Å². The molecule has 2 N–H and O–H groups in total. The van der Waals surface area contributed by atoms with Gasteiger partial charge in [0.15, 0.2) is 0 Å². The quantitative estimate of drug-likeness (QED) is 0.500. The molecule has 0 saturated heterocycles. The van der Waals surface area contributed by atoms with Crippen LogP contribution in [0.5, 0.6) is 0 Å². The molecule has 0 heterocycles. The molecule has 0 rings (SSSR count). The summed E-state index contributed by atoms with van der Waals surface area (Å²) in [5, 5.41) is 1.34. The van der Waals surface area contributed by atoms with Crippen molar-refractivity contribution in [2.24, 2.45) is 5.92 Å². The number of hydrogen-bond donors (Lipinski definition) is 2. The number of nitrogens with zero attached hydrogens (tertiary/aromatic N) is 1. The van der Waals surface area contributed by atoms with Crippen LogP contribution in [0.2, 0.25) is 0 Å². The predicted octanol–water partition coefficient (Wildman–Crippen LogP) is 0.686. The fourth-order valence-electron chi connectivity index (χ4n) is 1.06. The van der Waals surface area contributed by atoms with Crippen molar-refractivity contribution in [1.29, 1.82) is 0 Å². The first kappa shape index (κ1) is 12.1. The number of carbonyl (C=O) groups excluding carboxylic acids is 1. The molecule has 76 valence electrons. The van der Waals surface area contributed by atoms with Crippen LogP contribution in [0, 0.1) is 5.92 Å². The van der Waals surface area contributed by atoms with Crippen molar-refractivity contribution in [2.75, 3.05) is 14.1 Å². The Bertz CT molecular complexity index is 195. The van der Waals surface area contributed by atoms with E-state index in [0.29, 0.717) is 5.92 Å². The van der Waals surface area contributed by atoms with Crippen molar-refractivity contribution in [3.05, 3.63) is 11.6 Å². The van der Waals surface area contributed by atoms with E-state index < -0.39 is 0 Å². The molecule has 13 heavy (non-hydrogen) atoms. The van der Waals surface area contributed by atoms with Gasteiger partial charge in [0.1, 0.15) is 0 Å². The maximum atomic E-state index is 11.6. The molecule has 0 aromatic carbocycles. The van der Waals surface area contributed by atoms with Gasteiger partial charge in [0.25, 0.3) is 5.91 Å². The normalized spacial score (nSPS) is 12.0. The molecule has 0 saturated carbocycles. The highest BCUT2D eigenvalue weighted by Gasteiger charge is 2.11. The lowest BCUT2D eigenvalue weighted by molar-refractivity contribution is -0.133. The maximum absolute atomic E-state index is 11.6. The molecule has 0 unspecified atom stereocenters. The van der Waals surface area contributed by atoms with E-state index in [2.05, 4.69) is 10.9 Å². The summed E-state index contributed by atoms with van der Waals surface area (Å²) < 4.78 is 0. The lowest BCUT2D eigenvalue weighted by Crippen LogP contribution is -2.48. The van der Waals surface area contributed by atoms with E-state index in [1.54, 1.807) is 14.1 Å². The summed E-state index contributed by atoms with van der Waals surface area (Å²) >= 11 is 0. The largest absolute Gasteiger partial charge is 0.278 e. The Kier molecular flexibility index (Phi) is 5.34. The molecule has 0 aromatic rings.